The van der Waals surface area contributed by atoms with Gasteiger partial charge < -0.3 is 10.0 Å². The molecule has 1 unspecified atom stereocenters. The molecule has 0 bridgehead atoms. The van der Waals surface area contributed by atoms with E-state index in [-0.39, 0.29) is 18.9 Å². The summed E-state index contributed by atoms with van der Waals surface area (Å²) in [7, 11) is 0. The lowest BCUT2D eigenvalue weighted by atomic mass is 9.97. The minimum atomic E-state index is -5.08. The first kappa shape index (κ1) is 18.5. The normalized spacial score (nSPS) is 19.9. The number of carboxylic acids is 1. The Hall–Kier alpha value is -1.48. The summed E-state index contributed by atoms with van der Waals surface area (Å²) in [4.78, 5) is 21.0. The monoisotopic (exact) mass is 309 g/mol. The highest BCUT2D eigenvalue weighted by Crippen LogP contribution is 2.32. The second-order valence-electron chi connectivity index (χ2n) is 4.15. The number of likely N-dealkylation sites (tertiary alicyclic amines) is 1. The Morgan fingerprint density at radius 2 is 1.60 bits per heavy atom. The molecule has 1 aliphatic heterocycles. The van der Waals surface area contributed by atoms with Gasteiger partial charge >= 0.3 is 18.3 Å². The molecule has 20 heavy (non-hydrogen) atoms. The van der Waals surface area contributed by atoms with E-state index in [4.69, 9.17) is 9.90 Å². The van der Waals surface area contributed by atoms with Crippen LogP contribution in [0.3, 0.4) is 0 Å². The quantitative estimate of drug-likeness (QED) is 0.699. The van der Waals surface area contributed by atoms with E-state index in [9.17, 15) is 31.1 Å². The molecule has 1 N–H and O–H groups in total. The Bertz CT molecular complexity index is 352. The number of alkyl halides is 6. The molecule has 118 valence electrons. The fourth-order valence-corrected chi connectivity index (χ4v) is 1.53. The van der Waals surface area contributed by atoms with E-state index in [1.807, 2.05) is 0 Å². The number of nitrogens with zero attached hydrogens (tertiary/aromatic N) is 1. The lowest BCUT2D eigenvalue weighted by Crippen LogP contribution is -2.43. The largest absolute Gasteiger partial charge is 0.490 e. The molecular weight excluding hydrogens is 296 g/mol. The number of carboxylic acid groups (broad SMARTS) is 1. The summed E-state index contributed by atoms with van der Waals surface area (Å²) in [5, 5.41) is 7.12. The Labute approximate surface area is 110 Å². The molecule has 0 radical (unpaired) electrons. The van der Waals surface area contributed by atoms with E-state index in [0.717, 1.165) is 0 Å². The average Bonchev–Trinajstić information content (AvgIpc) is 2.27. The van der Waals surface area contributed by atoms with Crippen LogP contribution in [0.15, 0.2) is 0 Å². The summed E-state index contributed by atoms with van der Waals surface area (Å²) >= 11 is 0. The maximum atomic E-state index is 12.2. The van der Waals surface area contributed by atoms with E-state index in [1.54, 1.807) is 0 Å². The number of aliphatic carboxylic acids is 1. The molecule has 1 saturated heterocycles. The zero-order valence-electron chi connectivity index (χ0n) is 10.4. The molecule has 0 aromatic carbocycles. The zero-order chi connectivity index (χ0) is 16.1. The van der Waals surface area contributed by atoms with Crippen LogP contribution in [0.4, 0.5) is 26.3 Å². The lowest BCUT2D eigenvalue weighted by molar-refractivity contribution is -0.192. The van der Waals surface area contributed by atoms with Crippen molar-refractivity contribution in [2.75, 3.05) is 13.1 Å². The summed E-state index contributed by atoms with van der Waals surface area (Å²) in [5.41, 5.74) is 0. The number of piperidine rings is 1. The van der Waals surface area contributed by atoms with Gasteiger partial charge in [0.05, 0.1) is 5.92 Å². The van der Waals surface area contributed by atoms with Gasteiger partial charge in [-0.3, -0.25) is 4.79 Å². The van der Waals surface area contributed by atoms with Crippen molar-refractivity contribution >= 4 is 11.9 Å². The molecule has 1 fully saturated rings. The summed E-state index contributed by atoms with van der Waals surface area (Å²) in [5.74, 6) is -4.35. The van der Waals surface area contributed by atoms with Gasteiger partial charge in [0, 0.05) is 20.0 Å². The van der Waals surface area contributed by atoms with Gasteiger partial charge in [-0.05, 0) is 12.8 Å². The van der Waals surface area contributed by atoms with Gasteiger partial charge in [-0.25, -0.2) is 4.79 Å². The van der Waals surface area contributed by atoms with E-state index < -0.39 is 24.2 Å². The minimum Gasteiger partial charge on any atom is -0.475 e. The van der Waals surface area contributed by atoms with Crippen molar-refractivity contribution in [2.24, 2.45) is 5.92 Å². The number of carbonyl (C=O) groups excluding carboxylic acids is 1. The van der Waals surface area contributed by atoms with E-state index >= 15 is 0 Å². The van der Waals surface area contributed by atoms with Gasteiger partial charge in [0.25, 0.3) is 0 Å². The highest BCUT2D eigenvalue weighted by Gasteiger charge is 2.42. The van der Waals surface area contributed by atoms with E-state index in [1.165, 1.54) is 11.8 Å². The fourth-order valence-electron chi connectivity index (χ4n) is 1.53. The van der Waals surface area contributed by atoms with Crippen LogP contribution < -0.4 is 0 Å². The molecule has 10 heteroatoms. The van der Waals surface area contributed by atoms with Gasteiger partial charge in [-0.2, -0.15) is 26.3 Å². The number of halogens is 6. The van der Waals surface area contributed by atoms with Gasteiger partial charge in [0.1, 0.15) is 0 Å². The van der Waals surface area contributed by atoms with Crippen molar-refractivity contribution in [3.05, 3.63) is 0 Å². The van der Waals surface area contributed by atoms with Crippen LogP contribution in [-0.4, -0.2) is 47.3 Å². The van der Waals surface area contributed by atoms with Gasteiger partial charge in [0.2, 0.25) is 5.91 Å². The maximum absolute atomic E-state index is 12.2. The summed E-state index contributed by atoms with van der Waals surface area (Å²) < 4.78 is 68.5. The lowest BCUT2D eigenvalue weighted by Gasteiger charge is -2.32. The minimum absolute atomic E-state index is 0.146. The van der Waals surface area contributed by atoms with Crippen LogP contribution in [0.1, 0.15) is 19.8 Å². The molecule has 1 rings (SSSR count). The first-order valence-corrected chi connectivity index (χ1v) is 5.48. The second kappa shape index (κ2) is 6.80. The van der Waals surface area contributed by atoms with Crippen molar-refractivity contribution < 1.29 is 41.0 Å². The van der Waals surface area contributed by atoms with Crippen LogP contribution >= 0.6 is 0 Å². The predicted molar refractivity (Wildman–Crippen MR) is 54.7 cm³/mol. The Morgan fingerprint density at radius 1 is 1.15 bits per heavy atom. The molecule has 0 aromatic rings. The molecule has 1 atom stereocenters. The summed E-state index contributed by atoms with van der Waals surface area (Å²) in [6.07, 6.45) is -8.65. The van der Waals surface area contributed by atoms with Crippen molar-refractivity contribution in [1.29, 1.82) is 0 Å². The third-order valence-electron chi connectivity index (χ3n) is 2.57. The smallest absolute Gasteiger partial charge is 0.475 e. The Kier molecular flexibility index (Phi) is 6.30. The van der Waals surface area contributed by atoms with Crippen LogP contribution in [0.5, 0.6) is 0 Å². The highest BCUT2D eigenvalue weighted by atomic mass is 19.4. The molecule has 1 aliphatic rings. The van der Waals surface area contributed by atoms with Gasteiger partial charge in [-0.15, -0.1) is 0 Å². The standard InChI is InChI=1S/C8H12F3NO.C2HF3O2/c1-6(13)12-4-2-3-7(5-12)8(9,10)11;3-2(4,5)1(6)7/h7H,2-5H2,1H3;(H,6,7). The number of rotatable bonds is 0. The molecular formula is C10H13F6NO3. The average molecular weight is 309 g/mol. The van der Waals surface area contributed by atoms with Crippen molar-refractivity contribution in [1.82, 2.24) is 4.90 Å². The SMILES string of the molecule is CC(=O)N1CCCC(C(F)(F)F)C1.O=C(O)C(F)(F)F. The summed E-state index contributed by atoms with van der Waals surface area (Å²) in [6.45, 7) is 1.60. The first-order valence-electron chi connectivity index (χ1n) is 5.48. The Morgan fingerprint density at radius 3 is 1.90 bits per heavy atom. The van der Waals surface area contributed by atoms with Crippen molar-refractivity contribution in [3.63, 3.8) is 0 Å². The third-order valence-corrected chi connectivity index (χ3v) is 2.57. The molecule has 1 heterocycles. The second-order valence-corrected chi connectivity index (χ2v) is 4.15. The van der Waals surface area contributed by atoms with Gasteiger partial charge in [0.15, 0.2) is 0 Å². The Balaban J connectivity index is 0.000000441. The molecule has 0 aliphatic carbocycles. The van der Waals surface area contributed by atoms with Crippen LogP contribution in [0, 0.1) is 5.92 Å². The van der Waals surface area contributed by atoms with Crippen molar-refractivity contribution in [3.8, 4) is 0 Å². The molecule has 4 nitrogen and oxygen atoms in total. The number of hydrogen-bond donors (Lipinski definition) is 1. The number of amides is 1. The number of carbonyl (C=O) groups is 2. The summed E-state index contributed by atoms with van der Waals surface area (Å²) in [6, 6.07) is 0. The highest BCUT2D eigenvalue weighted by molar-refractivity contribution is 5.73. The molecule has 1 amide bonds. The third kappa shape index (κ3) is 6.62. The molecule has 0 saturated carbocycles. The van der Waals surface area contributed by atoms with Crippen molar-refractivity contribution in [2.45, 2.75) is 32.1 Å². The van der Waals surface area contributed by atoms with Crippen LogP contribution in [0.25, 0.3) is 0 Å². The fraction of sp³-hybridized carbons (Fsp3) is 0.800. The topological polar surface area (TPSA) is 57.6 Å². The number of hydrogen-bond acceptors (Lipinski definition) is 2. The van der Waals surface area contributed by atoms with E-state index in [2.05, 4.69) is 0 Å². The zero-order valence-corrected chi connectivity index (χ0v) is 10.4. The molecule has 0 spiro atoms. The maximum Gasteiger partial charge on any atom is 0.490 e. The van der Waals surface area contributed by atoms with Crippen LogP contribution in [0.2, 0.25) is 0 Å². The first-order chi connectivity index (χ1) is 8.85. The van der Waals surface area contributed by atoms with E-state index in [0.29, 0.717) is 13.0 Å². The predicted octanol–water partition coefficient (Wildman–Crippen LogP) is 2.44. The van der Waals surface area contributed by atoms with Crippen LogP contribution in [-0.2, 0) is 9.59 Å². The van der Waals surface area contributed by atoms with Gasteiger partial charge in [-0.1, -0.05) is 0 Å². The molecule has 0 aromatic heterocycles.